The molecule has 0 aromatic heterocycles. The highest BCUT2D eigenvalue weighted by atomic mass is 79.9. The first-order valence-corrected chi connectivity index (χ1v) is 8.44. The van der Waals surface area contributed by atoms with Crippen molar-refractivity contribution in [3.63, 3.8) is 0 Å². The molecule has 2 aromatic carbocycles. The fourth-order valence-electron chi connectivity index (χ4n) is 1.96. The second-order valence-electron chi connectivity index (χ2n) is 4.73. The third kappa shape index (κ3) is 4.03. The van der Waals surface area contributed by atoms with Gasteiger partial charge < -0.3 is 10.1 Å². The smallest absolute Gasteiger partial charge is 0.264 e. The highest BCUT2D eigenvalue weighted by Crippen LogP contribution is 2.28. The number of ether oxygens (including phenoxy) is 1. The summed E-state index contributed by atoms with van der Waals surface area (Å²) in [7, 11) is 1.62. The lowest BCUT2D eigenvalue weighted by molar-refractivity contribution is -0.115. The van der Waals surface area contributed by atoms with Crippen LogP contribution in [0.5, 0.6) is 5.75 Å². The van der Waals surface area contributed by atoms with E-state index in [0.717, 1.165) is 21.5 Å². The molecule has 6 heteroatoms. The molecular formula is C17H13BrN2O2S. The van der Waals surface area contributed by atoms with E-state index in [1.165, 1.54) is 11.8 Å². The third-order valence-corrected chi connectivity index (χ3v) is 4.56. The molecule has 2 aromatic rings. The van der Waals surface area contributed by atoms with Crippen molar-refractivity contribution in [2.75, 3.05) is 7.11 Å². The molecule has 1 aliphatic heterocycles. The van der Waals surface area contributed by atoms with Gasteiger partial charge in [-0.25, -0.2) is 4.99 Å². The van der Waals surface area contributed by atoms with Crippen LogP contribution < -0.4 is 10.1 Å². The van der Waals surface area contributed by atoms with Crippen molar-refractivity contribution in [3.05, 3.63) is 63.5 Å². The van der Waals surface area contributed by atoms with Crippen LogP contribution >= 0.6 is 27.7 Å². The van der Waals surface area contributed by atoms with Gasteiger partial charge in [-0.05, 0) is 59.8 Å². The molecule has 1 aliphatic rings. The predicted molar refractivity (Wildman–Crippen MR) is 97.9 cm³/mol. The van der Waals surface area contributed by atoms with E-state index in [1.54, 1.807) is 7.11 Å². The van der Waals surface area contributed by atoms with E-state index in [9.17, 15) is 4.79 Å². The van der Waals surface area contributed by atoms with Crippen LogP contribution in [-0.2, 0) is 4.79 Å². The van der Waals surface area contributed by atoms with Crippen LogP contribution in [0.2, 0.25) is 0 Å². The van der Waals surface area contributed by atoms with Gasteiger partial charge in [0.1, 0.15) is 5.75 Å². The summed E-state index contributed by atoms with van der Waals surface area (Å²) in [5, 5.41) is 3.36. The standard InChI is InChI=1S/C17H13BrN2O2S/c1-22-14-8-2-11(3-9-14)10-15-16(21)20-17(23-15)19-13-6-4-12(18)5-7-13/h2-10H,1H3,(H,19,20,21). The lowest BCUT2D eigenvalue weighted by Gasteiger charge is -1.99. The van der Waals surface area contributed by atoms with E-state index >= 15 is 0 Å². The van der Waals surface area contributed by atoms with Crippen LogP contribution in [0.15, 0.2) is 62.9 Å². The molecule has 0 saturated carbocycles. The Kier molecular flexibility index (Phi) is 4.83. The van der Waals surface area contributed by atoms with Gasteiger partial charge in [0.05, 0.1) is 17.7 Å². The zero-order valence-corrected chi connectivity index (χ0v) is 14.6. The summed E-state index contributed by atoms with van der Waals surface area (Å²) in [6.07, 6.45) is 1.84. The first kappa shape index (κ1) is 15.8. The van der Waals surface area contributed by atoms with Crippen molar-refractivity contribution in [1.82, 2.24) is 5.32 Å². The van der Waals surface area contributed by atoms with Crippen molar-refractivity contribution in [2.45, 2.75) is 0 Å². The van der Waals surface area contributed by atoms with E-state index in [0.29, 0.717) is 10.1 Å². The number of nitrogens with one attached hydrogen (secondary N) is 1. The van der Waals surface area contributed by atoms with Gasteiger partial charge >= 0.3 is 0 Å². The number of hydrogen-bond donors (Lipinski definition) is 1. The van der Waals surface area contributed by atoms with Crippen molar-refractivity contribution in [1.29, 1.82) is 0 Å². The second kappa shape index (κ2) is 7.02. The quantitative estimate of drug-likeness (QED) is 0.795. The number of thioether (sulfide) groups is 1. The SMILES string of the molecule is COc1ccc(C=C2SC(=Nc3ccc(Br)cc3)NC2=O)cc1. The average Bonchev–Trinajstić information content (AvgIpc) is 2.90. The summed E-state index contributed by atoms with van der Waals surface area (Å²) in [6.45, 7) is 0. The summed E-state index contributed by atoms with van der Waals surface area (Å²) in [6, 6.07) is 15.1. The third-order valence-electron chi connectivity index (χ3n) is 3.12. The Morgan fingerprint density at radius 3 is 2.48 bits per heavy atom. The number of amidine groups is 1. The molecule has 1 N–H and O–H groups in total. The Morgan fingerprint density at radius 2 is 1.83 bits per heavy atom. The molecule has 0 radical (unpaired) electrons. The number of nitrogens with zero attached hydrogens (tertiary/aromatic N) is 1. The molecule has 1 saturated heterocycles. The number of amides is 1. The van der Waals surface area contributed by atoms with Crippen molar-refractivity contribution in [3.8, 4) is 5.75 Å². The lowest BCUT2D eigenvalue weighted by Crippen LogP contribution is -2.19. The Balaban J connectivity index is 1.78. The molecule has 4 nitrogen and oxygen atoms in total. The minimum atomic E-state index is -0.137. The first-order valence-electron chi connectivity index (χ1n) is 6.83. The molecule has 1 fully saturated rings. The first-order chi connectivity index (χ1) is 11.1. The van der Waals surface area contributed by atoms with Crippen LogP contribution in [0, 0.1) is 0 Å². The van der Waals surface area contributed by atoms with Gasteiger partial charge in [-0.3, -0.25) is 4.79 Å². The highest BCUT2D eigenvalue weighted by molar-refractivity contribution is 9.10. The summed E-state index contributed by atoms with van der Waals surface area (Å²) in [5.74, 6) is 0.648. The predicted octanol–water partition coefficient (Wildman–Crippen LogP) is 4.35. The maximum atomic E-state index is 12.0. The van der Waals surface area contributed by atoms with Crippen LogP contribution in [-0.4, -0.2) is 18.2 Å². The zero-order valence-electron chi connectivity index (χ0n) is 12.2. The van der Waals surface area contributed by atoms with E-state index in [2.05, 4.69) is 26.2 Å². The largest absolute Gasteiger partial charge is 0.497 e. The zero-order chi connectivity index (χ0) is 16.2. The second-order valence-corrected chi connectivity index (χ2v) is 6.68. The molecule has 1 heterocycles. The normalized spacial score (nSPS) is 17.6. The van der Waals surface area contributed by atoms with Crippen LogP contribution in [0.4, 0.5) is 5.69 Å². The van der Waals surface area contributed by atoms with Crippen molar-refractivity contribution >= 4 is 50.5 Å². The molecule has 0 bridgehead atoms. The summed E-state index contributed by atoms with van der Waals surface area (Å²) < 4.78 is 6.11. The molecule has 0 aliphatic carbocycles. The number of aliphatic imine (C=N–C) groups is 1. The lowest BCUT2D eigenvalue weighted by atomic mass is 10.2. The fraction of sp³-hybridized carbons (Fsp3) is 0.0588. The topological polar surface area (TPSA) is 50.7 Å². The summed E-state index contributed by atoms with van der Waals surface area (Å²) in [4.78, 5) is 17.1. The van der Waals surface area contributed by atoms with Gasteiger partial charge in [0.2, 0.25) is 0 Å². The Labute approximate surface area is 146 Å². The molecule has 23 heavy (non-hydrogen) atoms. The van der Waals surface area contributed by atoms with Gasteiger partial charge in [-0.1, -0.05) is 28.1 Å². The van der Waals surface area contributed by atoms with E-state index in [1.807, 2.05) is 54.6 Å². The minimum absolute atomic E-state index is 0.137. The van der Waals surface area contributed by atoms with E-state index in [-0.39, 0.29) is 5.91 Å². The van der Waals surface area contributed by atoms with E-state index < -0.39 is 0 Å². The molecule has 0 atom stereocenters. The number of carbonyl (C=O) groups excluding carboxylic acids is 1. The number of rotatable bonds is 3. The Hall–Kier alpha value is -2.05. The van der Waals surface area contributed by atoms with Crippen LogP contribution in [0.1, 0.15) is 5.56 Å². The van der Waals surface area contributed by atoms with Crippen molar-refractivity contribution in [2.24, 2.45) is 4.99 Å². The molecule has 3 rings (SSSR count). The van der Waals surface area contributed by atoms with Crippen LogP contribution in [0.3, 0.4) is 0 Å². The molecular weight excluding hydrogens is 376 g/mol. The van der Waals surface area contributed by atoms with Crippen molar-refractivity contribution < 1.29 is 9.53 Å². The number of carbonyl (C=O) groups is 1. The molecule has 0 unspecified atom stereocenters. The number of hydrogen-bond acceptors (Lipinski definition) is 4. The van der Waals surface area contributed by atoms with Gasteiger partial charge in [-0.15, -0.1) is 0 Å². The van der Waals surface area contributed by atoms with E-state index in [4.69, 9.17) is 4.74 Å². The number of halogens is 1. The Bertz CT molecular complexity index is 783. The molecule has 1 amide bonds. The van der Waals surface area contributed by atoms with Gasteiger partial charge in [-0.2, -0.15) is 0 Å². The maximum Gasteiger partial charge on any atom is 0.264 e. The van der Waals surface area contributed by atoms with Crippen LogP contribution in [0.25, 0.3) is 6.08 Å². The highest BCUT2D eigenvalue weighted by Gasteiger charge is 2.23. The van der Waals surface area contributed by atoms with Gasteiger partial charge in [0, 0.05) is 4.47 Å². The monoisotopic (exact) mass is 388 g/mol. The number of methoxy groups -OCH3 is 1. The molecule has 0 spiro atoms. The summed E-state index contributed by atoms with van der Waals surface area (Å²) >= 11 is 4.71. The van der Waals surface area contributed by atoms with Gasteiger partial charge in [0.25, 0.3) is 5.91 Å². The number of benzene rings is 2. The van der Waals surface area contributed by atoms with Gasteiger partial charge in [0.15, 0.2) is 5.17 Å². The average molecular weight is 389 g/mol. The molecule has 116 valence electrons. The fourth-order valence-corrected chi connectivity index (χ4v) is 3.07. The minimum Gasteiger partial charge on any atom is -0.497 e. The Morgan fingerprint density at radius 1 is 1.13 bits per heavy atom. The summed E-state index contributed by atoms with van der Waals surface area (Å²) in [5.41, 5.74) is 1.73. The maximum absolute atomic E-state index is 12.0.